The van der Waals surface area contributed by atoms with E-state index in [9.17, 15) is 9.59 Å². The number of hydrogen-bond acceptors (Lipinski definition) is 5. The summed E-state index contributed by atoms with van der Waals surface area (Å²) in [6.45, 7) is 2.28. The van der Waals surface area contributed by atoms with Crippen molar-refractivity contribution in [3.63, 3.8) is 0 Å². The number of amides is 1. The molecule has 0 radical (unpaired) electrons. The first-order valence-electron chi connectivity index (χ1n) is 9.29. The number of hydrogen-bond donors (Lipinski definition) is 2. The number of para-hydroxylation sites is 2. The van der Waals surface area contributed by atoms with Crippen LogP contribution in [0, 0.1) is 0 Å². The van der Waals surface area contributed by atoms with E-state index in [1.165, 1.54) is 4.57 Å². The second kappa shape index (κ2) is 7.97. The zero-order valence-corrected chi connectivity index (χ0v) is 15.9. The van der Waals surface area contributed by atoms with Gasteiger partial charge in [-0.05, 0) is 36.8 Å². The highest BCUT2D eigenvalue weighted by molar-refractivity contribution is 5.81. The van der Waals surface area contributed by atoms with Gasteiger partial charge in [0.15, 0.2) is 0 Å². The van der Waals surface area contributed by atoms with Crippen LogP contribution in [0.15, 0.2) is 71.8 Å². The Labute approximate surface area is 166 Å². The smallest absolute Gasteiger partial charge is 0.262 e. The average molecular weight is 388 g/mol. The quantitative estimate of drug-likeness (QED) is 0.494. The third-order valence-corrected chi connectivity index (χ3v) is 4.51. The van der Waals surface area contributed by atoms with Crippen molar-refractivity contribution in [3.8, 4) is 5.69 Å². The van der Waals surface area contributed by atoms with Crippen LogP contribution in [-0.2, 0) is 17.8 Å². The van der Waals surface area contributed by atoms with Crippen molar-refractivity contribution in [1.82, 2.24) is 24.8 Å². The summed E-state index contributed by atoms with van der Waals surface area (Å²) in [6, 6.07) is 16.8. The van der Waals surface area contributed by atoms with Crippen molar-refractivity contribution in [2.24, 2.45) is 0 Å². The number of rotatable bonds is 6. The van der Waals surface area contributed by atoms with Crippen LogP contribution >= 0.6 is 0 Å². The molecule has 0 atom stereocenters. The van der Waals surface area contributed by atoms with Gasteiger partial charge in [-0.25, -0.2) is 9.67 Å². The van der Waals surface area contributed by atoms with E-state index in [2.05, 4.69) is 20.9 Å². The van der Waals surface area contributed by atoms with Gasteiger partial charge >= 0.3 is 0 Å². The summed E-state index contributed by atoms with van der Waals surface area (Å²) in [5.74, 6) is 0.0344. The minimum atomic E-state index is -0.261. The zero-order valence-electron chi connectivity index (χ0n) is 15.9. The van der Waals surface area contributed by atoms with Crippen LogP contribution in [0.5, 0.6) is 0 Å². The van der Waals surface area contributed by atoms with Gasteiger partial charge in [0.05, 0.1) is 29.2 Å². The molecule has 0 fully saturated rings. The van der Waals surface area contributed by atoms with Gasteiger partial charge in [-0.15, -0.1) is 0 Å². The molecular formula is C21H20N6O2. The van der Waals surface area contributed by atoms with Crippen LogP contribution in [0.3, 0.4) is 0 Å². The van der Waals surface area contributed by atoms with E-state index in [1.54, 1.807) is 29.1 Å². The Bertz CT molecular complexity index is 1210. The Morgan fingerprint density at radius 3 is 2.62 bits per heavy atom. The number of anilines is 1. The van der Waals surface area contributed by atoms with Gasteiger partial charge < -0.3 is 0 Å². The molecule has 0 aliphatic rings. The third-order valence-electron chi connectivity index (χ3n) is 4.51. The molecule has 0 spiro atoms. The molecule has 4 aromatic rings. The first-order chi connectivity index (χ1) is 14.2. The second-order valence-electron chi connectivity index (χ2n) is 6.48. The lowest BCUT2D eigenvalue weighted by molar-refractivity contribution is -0.119. The molecule has 0 unspecified atom stereocenters. The molecule has 2 N–H and O–H groups in total. The van der Waals surface area contributed by atoms with E-state index in [4.69, 9.17) is 0 Å². The van der Waals surface area contributed by atoms with Crippen LogP contribution in [0.25, 0.3) is 16.6 Å². The molecule has 0 saturated carbocycles. The normalized spacial score (nSPS) is 10.8. The van der Waals surface area contributed by atoms with Crippen LogP contribution < -0.4 is 16.4 Å². The van der Waals surface area contributed by atoms with Gasteiger partial charge in [-0.1, -0.05) is 30.3 Å². The van der Waals surface area contributed by atoms with Gasteiger partial charge in [-0.2, -0.15) is 5.10 Å². The van der Waals surface area contributed by atoms with Gasteiger partial charge in [0, 0.05) is 12.7 Å². The molecule has 2 aromatic heterocycles. The first kappa shape index (κ1) is 18.4. The largest absolute Gasteiger partial charge is 0.277 e. The summed E-state index contributed by atoms with van der Waals surface area (Å²) in [5.41, 5.74) is 7.51. The Balaban J connectivity index is 1.46. The Kier molecular flexibility index (Phi) is 5.07. The molecule has 8 nitrogen and oxygen atoms in total. The van der Waals surface area contributed by atoms with Crippen LogP contribution in [0.1, 0.15) is 12.5 Å². The lowest BCUT2D eigenvalue weighted by atomic mass is 10.2. The van der Waals surface area contributed by atoms with Crippen molar-refractivity contribution >= 4 is 22.8 Å². The van der Waals surface area contributed by atoms with E-state index in [1.807, 2.05) is 49.5 Å². The van der Waals surface area contributed by atoms with E-state index < -0.39 is 0 Å². The highest BCUT2D eigenvalue weighted by atomic mass is 16.2. The molecular weight excluding hydrogens is 368 g/mol. The van der Waals surface area contributed by atoms with Gasteiger partial charge in [0.25, 0.3) is 5.56 Å². The van der Waals surface area contributed by atoms with Crippen molar-refractivity contribution < 1.29 is 4.79 Å². The molecule has 0 aliphatic carbocycles. The van der Waals surface area contributed by atoms with E-state index in [0.29, 0.717) is 23.4 Å². The van der Waals surface area contributed by atoms with Crippen LogP contribution in [0.2, 0.25) is 0 Å². The van der Waals surface area contributed by atoms with Crippen molar-refractivity contribution in [2.45, 2.75) is 19.9 Å². The predicted octanol–water partition coefficient (Wildman–Crippen LogP) is 2.29. The van der Waals surface area contributed by atoms with Crippen molar-refractivity contribution in [3.05, 3.63) is 82.9 Å². The predicted molar refractivity (Wildman–Crippen MR) is 111 cm³/mol. The molecule has 29 heavy (non-hydrogen) atoms. The molecule has 8 heteroatoms. The number of nitrogens with one attached hydrogen (secondary N) is 2. The SMILES string of the molecule is CCn1c(NNC(=O)Cc2cnn(-c3ccccc3)c2)nc2ccccc2c1=O. The second-order valence-corrected chi connectivity index (χ2v) is 6.48. The van der Waals surface area contributed by atoms with Crippen LogP contribution in [-0.4, -0.2) is 25.2 Å². The number of carbonyl (C=O) groups excluding carboxylic acids is 1. The molecule has 0 bridgehead atoms. The summed E-state index contributed by atoms with van der Waals surface area (Å²) >= 11 is 0. The summed E-state index contributed by atoms with van der Waals surface area (Å²) < 4.78 is 3.20. The van der Waals surface area contributed by atoms with Crippen molar-refractivity contribution in [2.75, 3.05) is 5.43 Å². The summed E-state index contributed by atoms with van der Waals surface area (Å²) in [4.78, 5) is 29.4. The molecule has 2 aromatic carbocycles. The van der Waals surface area contributed by atoms with Gasteiger partial charge in [0.2, 0.25) is 11.9 Å². The van der Waals surface area contributed by atoms with E-state index in [0.717, 1.165) is 11.3 Å². The Hall–Kier alpha value is -3.94. The molecule has 2 heterocycles. The van der Waals surface area contributed by atoms with Gasteiger partial charge in [-0.3, -0.25) is 25.0 Å². The number of nitrogens with zero attached hydrogens (tertiary/aromatic N) is 4. The summed E-state index contributed by atoms with van der Waals surface area (Å²) in [6.07, 6.45) is 3.61. The number of carbonyl (C=O) groups is 1. The fourth-order valence-corrected chi connectivity index (χ4v) is 3.09. The standard InChI is InChI=1S/C21H20N6O2/c1-2-26-20(29)17-10-6-7-11-18(17)23-21(26)25-24-19(28)12-15-13-22-27(14-15)16-8-4-3-5-9-16/h3-11,13-14H,2,12H2,1H3,(H,23,25)(H,24,28). The number of hydrazine groups is 1. The molecule has 0 aliphatic heterocycles. The van der Waals surface area contributed by atoms with E-state index in [-0.39, 0.29) is 17.9 Å². The van der Waals surface area contributed by atoms with Crippen LogP contribution in [0.4, 0.5) is 5.95 Å². The fourth-order valence-electron chi connectivity index (χ4n) is 3.09. The maximum absolute atomic E-state index is 12.6. The molecule has 4 rings (SSSR count). The minimum Gasteiger partial charge on any atom is -0.277 e. The first-order valence-corrected chi connectivity index (χ1v) is 9.29. The zero-order chi connectivity index (χ0) is 20.2. The maximum Gasteiger partial charge on any atom is 0.262 e. The minimum absolute atomic E-state index is 0.143. The van der Waals surface area contributed by atoms with Crippen molar-refractivity contribution in [1.29, 1.82) is 0 Å². The fraction of sp³-hybridized carbons (Fsp3) is 0.143. The number of aromatic nitrogens is 4. The van der Waals surface area contributed by atoms with Gasteiger partial charge in [0.1, 0.15) is 0 Å². The highest BCUT2D eigenvalue weighted by Crippen LogP contribution is 2.11. The third kappa shape index (κ3) is 3.86. The molecule has 1 amide bonds. The Morgan fingerprint density at radius 2 is 1.83 bits per heavy atom. The topological polar surface area (TPSA) is 93.8 Å². The maximum atomic E-state index is 12.6. The monoisotopic (exact) mass is 388 g/mol. The van der Waals surface area contributed by atoms with E-state index >= 15 is 0 Å². The molecule has 0 saturated heterocycles. The molecule has 146 valence electrons. The summed E-state index contributed by atoms with van der Waals surface area (Å²) in [7, 11) is 0. The lowest BCUT2D eigenvalue weighted by Gasteiger charge is -2.13. The summed E-state index contributed by atoms with van der Waals surface area (Å²) in [5, 5.41) is 4.83. The lowest BCUT2D eigenvalue weighted by Crippen LogP contribution is -2.35. The number of fused-ring (bicyclic) bond motifs is 1. The average Bonchev–Trinajstić information content (AvgIpc) is 3.21. The Morgan fingerprint density at radius 1 is 1.07 bits per heavy atom. The number of benzene rings is 2. The highest BCUT2D eigenvalue weighted by Gasteiger charge is 2.11.